The molecule has 0 bridgehead atoms. The van der Waals surface area contributed by atoms with E-state index in [0.29, 0.717) is 11.8 Å². The molecule has 0 aromatic carbocycles. The fourth-order valence-electron chi connectivity index (χ4n) is 0.974. The van der Waals surface area contributed by atoms with Crippen LogP contribution in [0.2, 0.25) is 0 Å². The molecule has 5 nitrogen and oxygen atoms in total. The lowest BCUT2D eigenvalue weighted by Crippen LogP contribution is -1.95. The monoisotopic (exact) mass is 211 g/mol. The van der Waals surface area contributed by atoms with Crippen molar-refractivity contribution in [2.75, 3.05) is 7.11 Å². The maximum Gasteiger partial charge on any atom is 0.257 e. The van der Waals surface area contributed by atoms with Crippen LogP contribution in [0.3, 0.4) is 0 Å². The van der Waals surface area contributed by atoms with Crippen molar-refractivity contribution < 1.29 is 9.15 Å². The highest BCUT2D eigenvalue weighted by Crippen LogP contribution is 2.29. The van der Waals surface area contributed by atoms with Gasteiger partial charge in [-0.25, -0.2) is 0 Å². The van der Waals surface area contributed by atoms with Crippen LogP contribution in [0, 0.1) is 0 Å². The van der Waals surface area contributed by atoms with Crippen molar-refractivity contribution in [2.24, 2.45) is 5.73 Å². The molecule has 2 aromatic rings. The maximum atomic E-state index is 5.36. The second-order valence-corrected chi connectivity index (χ2v) is 3.47. The molecule has 2 N–H and O–H groups in total. The highest BCUT2D eigenvalue weighted by atomic mass is 32.1. The Kier molecular flexibility index (Phi) is 2.47. The lowest BCUT2D eigenvalue weighted by molar-refractivity contribution is 0.416. The summed E-state index contributed by atoms with van der Waals surface area (Å²) < 4.78 is 10.3. The van der Waals surface area contributed by atoms with E-state index in [4.69, 9.17) is 14.9 Å². The Balaban J connectivity index is 2.29. The Hall–Kier alpha value is -1.40. The minimum Gasteiger partial charge on any atom is -0.496 e. The summed E-state index contributed by atoms with van der Waals surface area (Å²) in [6.45, 7) is 0.259. The first-order valence-corrected chi connectivity index (χ1v) is 4.87. The second-order valence-electron chi connectivity index (χ2n) is 2.56. The molecule has 0 aliphatic rings. The Labute approximate surface area is 84.5 Å². The van der Waals surface area contributed by atoms with Crippen molar-refractivity contribution in [3.05, 3.63) is 17.3 Å². The first-order valence-electron chi connectivity index (χ1n) is 3.99. The number of nitrogens with zero attached hydrogens (tertiary/aromatic N) is 2. The van der Waals surface area contributed by atoms with Gasteiger partial charge in [0.05, 0.1) is 18.5 Å². The van der Waals surface area contributed by atoms with Gasteiger partial charge in [0, 0.05) is 11.4 Å². The molecule has 2 heterocycles. The van der Waals surface area contributed by atoms with Gasteiger partial charge in [0.15, 0.2) is 0 Å². The molecule has 0 radical (unpaired) electrons. The van der Waals surface area contributed by atoms with Gasteiger partial charge in [0.1, 0.15) is 5.75 Å². The van der Waals surface area contributed by atoms with Crippen molar-refractivity contribution >= 4 is 11.3 Å². The number of hydrogen-bond acceptors (Lipinski definition) is 6. The topological polar surface area (TPSA) is 74.2 Å². The van der Waals surface area contributed by atoms with Crippen LogP contribution < -0.4 is 10.5 Å². The van der Waals surface area contributed by atoms with Crippen LogP contribution >= 0.6 is 11.3 Å². The average molecular weight is 211 g/mol. The van der Waals surface area contributed by atoms with Gasteiger partial charge in [0.25, 0.3) is 5.89 Å². The third kappa shape index (κ3) is 1.61. The standard InChI is InChI=1S/C8H9N3O2S/c1-12-5-2-6(14-4-5)8-11-10-7(3-9)13-8/h2,4H,3,9H2,1H3. The first-order chi connectivity index (χ1) is 6.83. The molecular weight excluding hydrogens is 202 g/mol. The summed E-state index contributed by atoms with van der Waals surface area (Å²) in [7, 11) is 1.62. The lowest BCUT2D eigenvalue weighted by atomic mass is 10.4. The van der Waals surface area contributed by atoms with Crippen LogP contribution in [0.5, 0.6) is 5.75 Å². The number of thiophene rings is 1. The lowest BCUT2D eigenvalue weighted by Gasteiger charge is -1.89. The molecule has 0 atom stereocenters. The third-order valence-electron chi connectivity index (χ3n) is 1.66. The highest BCUT2D eigenvalue weighted by Gasteiger charge is 2.10. The normalized spacial score (nSPS) is 10.4. The number of rotatable bonds is 3. The Morgan fingerprint density at radius 3 is 3.00 bits per heavy atom. The molecule has 0 aliphatic carbocycles. The number of aromatic nitrogens is 2. The molecule has 0 fully saturated rings. The van der Waals surface area contributed by atoms with E-state index in [2.05, 4.69) is 10.2 Å². The Morgan fingerprint density at radius 1 is 1.57 bits per heavy atom. The molecule has 0 saturated heterocycles. The van der Waals surface area contributed by atoms with Crippen molar-refractivity contribution in [3.63, 3.8) is 0 Å². The smallest absolute Gasteiger partial charge is 0.257 e. The molecule has 6 heteroatoms. The van der Waals surface area contributed by atoms with Gasteiger partial charge in [-0.1, -0.05) is 0 Å². The molecule has 0 spiro atoms. The summed E-state index contributed by atoms with van der Waals surface area (Å²) in [6.07, 6.45) is 0. The van der Waals surface area contributed by atoms with Gasteiger partial charge < -0.3 is 14.9 Å². The third-order valence-corrected chi connectivity index (χ3v) is 2.56. The van der Waals surface area contributed by atoms with Crippen molar-refractivity contribution in [1.29, 1.82) is 0 Å². The van der Waals surface area contributed by atoms with E-state index in [1.165, 1.54) is 11.3 Å². The summed E-state index contributed by atoms with van der Waals surface area (Å²) in [5, 5.41) is 9.51. The minimum atomic E-state index is 0.259. The van der Waals surface area contributed by atoms with Gasteiger partial charge in [-0.2, -0.15) is 0 Å². The molecule has 0 amide bonds. The van der Waals surface area contributed by atoms with Crippen LogP contribution in [0.25, 0.3) is 10.8 Å². The Morgan fingerprint density at radius 2 is 2.43 bits per heavy atom. The van der Waals surface area contributed by atoms with Crippen LogP contribution in [0.4, 0.5) is 0 Å². The van der Waals surface area contributed by atoms with Gasteiger partial charge in [-0.15, -0.1) is 21.5 Å². The van der Waals surface area contributed by atoms with Gasteiger partial charge in [-0.05, 0) is 0 Å². The molecule has 0 saturated carbocycles. The number of nitrogens with two attached hydrogens (primary N) is 1. The van der Waals surface area contributed by atoms with Crippen LogP contribution in [-0.4, -0.2) is 17.3 Å². The van der Waals surface area contributed by atoms with E-state index >= 15 is 0 Å². The van der Waals surface area contributed by atoms with Gasteiger partial charge in [0.2, 0.25) is 5.89 Å². The number of methoxy groups -OCH3 is 1. The summed E-state index contributed by atoms with van der Waals surface area (Å²) in [5.74, 6) is 1.71. The minimum absolute atomic E-state index is 0.259. The predicted molar refractivity (Wildman–Crippen MR) is 52.1 cm³/mol. The highest BCUT2D eigenvalue weighted by molar-refractivity contribution is 7.13. The maximum absolute atomic E-state index is 5.36. The van der Waals surface area contributed by atoms with E-state index in [9.17, 15) is 0 Å². The molecule has 0 unspecified atom stereocenters. The van der Waals surface area contributed by atoms with Crippen molar-refractivity contribution in [2.45, 2.75) is 6.54 Å². The molecule has 0 aliphatic heterocycles. The zero-order chi connectivity index (χ0) is 9.97. The zero-order valence-electron chi connectivity index (χ0n) is 7.56. The largest absolute Gasteiger partial charge is 0.496 e. The van der Waals surface area contributed by atoms with Crippen LogP contribution in [0.1, 0.15) is 5.89 Å². The summed E-state index contributed by atoms with van der Waals surface area (Å²) >= 11 is 1.49. The molecule has 2 rings (SSSR count). The fourth-order valence-corrected chi connectivity index (χ4v) is 1.75. The summed E-state index contributed by atoms with van der Waals surface area (Å²) in [5.41, 5.74) is 5.36. The van der Waals surface area contributed by atoms with Crippen molar-refractivity contribution in [3.8, 4) is 16.5 Å². The molecule has 2 aromatic heterocycles. The van der Waals surface area contributed by atoms with Crippen LogP contribution in [-0.2, 0) is 6.54 Å². The van der Waals surface area contributed by atoms with Gasteiger partial charge in [-0.3, -0.25) is 0 Å². The summed E-state index contributed by atoms with van der Waals surface area (Å²) in [6, 6.07) is 1.85. The van der Waals surface area contributed by atoms with E-state index in [-0.39, 0.29) is 6.54 Å². The van der Waals surface area contributed by atoms with E-state index in [1.807, 2.05) is 11.4 Å². The van der Waals surface area contributed by atoms with E-state index in [1.54, 1.807) is 7.11 Å². The number of ether oxygens (including phenoxy) is 1. The summed E-state index contributed by atoms with van der Waals surface area (Å²) in [4.78, 5) is 0.883. The van der Waals surface area contributed by atoms with Crippen LogP contribution in [0.15, 0.2) is 15.9 Å². The van der Waals surface area contributed by atoms with E-state index < -0.39 is 0 Å². The zero-order valence-corrected chi connectivity index (χ0v) is 8.37. The number of hydrogen-bond donors (Lipinski definition) is 1. The fraction of sp³-hybridized carbons (Fsp3) is 0.250. The Bertz CT molecular complexity index is 383. The molecule has 74 valence electrons. The first kappa shape index (κ1) is 9.17. The quantitative estimate of drug-likeness (QED) is 0.827. The molecular formula is C8H9N3O2S. The van der Waals surface area contributed by atoms with Gasteiger partial charge >= 0.3 is 0 Å². The second kappa shape index (κ2) is 3.77. The van der Waals surface area contributed by atoms with Crippen molar-refractivity contribution in [1.82, 2.24) is 10.2 Å². The molecule has 14 heavy (non-hydrogen) atoms. The SMILES string of the molecule is COc1csc(-c2nnc(CN)o2)c1. The van der Waals surface area contributed by atoms with E-state index in [0.717, 1.165) is 10.6 Å². The predicted octanol–water partition coefficient (Wildman–Crippen LogP) is 1.27. The average Bonchev–Trinajstić information content (AvgIpc) is 2.86.